The molecule has 0 bridgehead atoms. The number of phenols is 1. The lowest BCUT2D eigenvalue weighted by Gasteiger charge is -1.88. The van der Waals surface area contributed by atoms with Gasteiger partial charge in [-0.15, -0.1) is 0 Å². The molecule has 1 heterocycles. The van der Waals surface area contributed by atoms with Gasteiger partial charge in [-0.2, -0.15) is 4.57 Å². The van der Waals surface area contributed by atoms with E-state index in [0.29, 0.717) is 5.75 Å². The summed E-state index contributed by atoms with van der Waals surface area (Å²) >= 11 is 3.43. The van der Waals surface area contributed by atoms with Gasteiger partial charge in [-0.05, 0) is 24.1 Å². The summed E-state index contributed by atoms with van der Waals surface area (Å²) in [5.74, 6) is 0.335. The van der Waals surface area contributed by atoms with Crippen LogP contribution >= 0.6 is 23.1 Å². The highest BCUT2D eigenvalue weighted by molar-refractivity contribution is 8.00. The van der Waals surface area contributed by atoms with Crippen molar-refractivity contribution in [1.82, 2.24) is 0 Å². The van der Waals surface area contributed by atoms with Crippen LogP contribution in [0.1, 0.15) is 0 Å². The first-order chi connectivity index (χ1) is 6.22. The summed E-state index contributed by atoms with van der Waals surface area (Å²) in [6, 6.07) is 5.47. The van der Waals surface area contributed by atoms with Gasteiger partial charge in [0.2, 0.25) is 5.52 Å². The van der Waals surface area contributed by atoms with E-state index in [-0.39, 0.29) is 0 Å². The van der Waals surface area contributed by atoms with E-state index in [4.69, 9.17) is 0 Å². The number of benzene rings is 1. The molecule has 0 aliphatic carbocycles. The van der Waals surface area contributed by atoms with Crippen molar-refractivity contribution < 1.29 is 9.67 Å². The van der Waals surface area contributed by atoms with E-state index in [9.17, 15) is 5.11 Å². The van der Waals surface area contributed by atoms with Crippen LogP contribution in [-0.2, 0) is 7.05 Å². The molecule has 2 rings (SSSR count). The van der Waals surface area contributed by atoms with E-state index in [1.165, 1.54) is 9.86 Å². The quantitative estimate of drug-likeness (QED) is 0.578. The van der Waals surface area contributed by atoms with Crippen LogP contribution in [0.4, 0.5) is 0 Å². The summed E-state index contributed by atoms with van der Waals surface area (Å²) in [6.07, 6.45) is 2.06. The van der Waals surface area contributed by atoms with Crippen molar-refractivity contribution in [3.63, 3.8) is 0 Å². The average molecular weight is 212 g/mol. The smallest absolute Gasteiger partial charge is 0.297 e. The number of aromatic nitrogens is 1. The molecule has 0 atom stereocenters. The van der Waals surface area contributed by atoms with Gasteiger partial charge >= 0.3 is 0 Å². The molecular formula is C9H10NOS2+. The summed E-state index contributed by atoms with van der Waals surface area (Å²) in [7, 11) is 2.04. The Morgan fingerprint density at radius 1 is 1.46 bits per heavy atom. The monoisotopic (exact) mass is 212 g/mol. The molecular weight excluding hydrogens is 202 g/mol. The van der Waals surface area contributed by atoms with E-state index < -0.39 is 0 Å². The SMILES string of the molecule is CSc1sc2cc(O)ccc2[n+]1C. The van der Waals surface area contributed by atoms with Gasteiger partial charge in [-0.1, -0.05) is 11.3 Å². The molecule has 0 aliphatic heterocycles. The molecule has 0 saturated heterocycles. The van der Waals surface area contributed by atoms with Gasteiger partial charge in [0.05, 0.1) is 0 Å². The maximum absolute atomic E-state index is 9.29. The predicted molar refractivity (Wildman–Crippen MR) is 56.4 cm³/mol. The van der Waals surface area contributed by atoms with Gasteiger partial charge in [0.25, 0.3) is 4.34 Å². The molecule has 4 heteroatoms. The molecule has 2 nitrogen and oxygen atoms in total. The number of thioether (sulfide) groups is 1. The number of nitrogens with zero attached hydrogens (tertiary/aromatic N) is 1. The number of phenolic OH excluding ortho intramolecular Hbond substituents is 1. The van der Waals surface area contributed by atoms with Crippen molar-refractivity contribution in [2.24, 2.45) is 7.05 Å². The summed E-state index contributed by atoms with van der Waals surface area (Å²) in [5, 5.41) is 9.29. The second kappa shape index (κ2) is 3.20. The lowest BCUT2D eigenvalue weighted by atomic mass is 10.3. The third-order valence-corrected chi connectivity index (χ3v) is 4.32. The zero-order valence-electron chi connectivity index (χ0n) is 7.44. The molecule has 2 aromatic rings. The molecule has 0 radical (unpaired) electrons. The molecule has 0 saturated carbocycles. The Labute approximate surface area is 84.8 Å². The van der Waals surface area contributed by atoms with Crippen molar-refractivity contribution in [2.45, 2.75) is 4.34 Å². The summed E-state index contributed by atoms with van der Waals surface area (Å²) in [6.45, 7) is 0. The van der Waals surface area contributed by atoms with Crippen molar-refractivity contribution >= 4 is 33.3 Å². The van der Waals surface area contributed by atoms with E-state index in [0.717, 1.165) is 4.70 Å². The standard InChI is InChI=1S/C9H9NOS2/c1-10-7-4-3-6(11)5-8(7)13-9(10)12-2/h3-5H,1-2H3/p+1. The zero-order chi connectivity index (χ0) is 9.42. The molecule has 0 unspecified atom stereocenters. The normalized spacial score (nSPS) is 10.9. The van der Waals surface area contributed by atoms with Crippen molar-refractivity contribution in [3.05, 3.63) is 18.2 Å². The minimum absolute atomic E-state index is 0.335. The van der Waals surface area contributed by atoms with Gasteiger partial charge in [0.1, 0.15) is 17.5 Å². The lowest BCUT2D eigenvalue weighted by Crippen LogP contribution is -2.27. The maximum Gasteiger partial charge on any atom is 0.297 e. The maximum atomic E-state index is 9.29. The fourth-order valence-corrected chi connectivity index (χ4v) is 3.19. The molecule has 1 N–H and O–H groups in total. The third kappa shape index (κ3) is 1.40. The predicted octanol–water partition coefficient (Wildman–Crippen LogP) is 2.15. The van der Waals surface area contributed by atoms with Crippen LogP contribution < -0.4 is 4.57 Å². The minimum Gasteiger partial charge on any atom is -0.508 e. The van der Waals surface area contributed by atoms with E-state index >= 15 is 0 Å². The van der Waals surface area contributed by atoms with E-state index in [1.54, 1.807) is 35.2 Å². The molecule has 0 aliphatic rings. The number of aryl methyl sites for hydroxylation is 1. The second-order valence-corrected chi connectivity index (χ2v) is 4.87. The van der Waals surface area contributed by atoms with Crippen molar-refractivity contribution in [3.8, 4) is 5.75 Å². The summed E-state index contributed by atoms with van der Waals surface area (Å²) in [5.41, 5.74) is 1.17. The largest absolute Gasteiger partial charge is 0.508 e. The third-order valence-electron chi connectivity index (χ3n) is 1.95. The fraction of sp³-hybridized carbons (Fsp3) is 0.222. The first kappa shape index (κ1) is 8.84. The molecule has 1 aromatic carbocycles. The second-order valence-electron chi connectivity index (χ2n) is 2.78. The van der Waals surface area contributed by atoms with Crippen LogP contribution in [0, 0.1) is 0 Å². The Morgan fingerprint density at radius 3 is 2.92 bits per heavy atom. The first-order valence-electron chi connectivity index (χ1n) is 3.88. The molecule has 0 amide bonds. The van der Waals surface area contributed by atoms with E-state index in [1.807, 2.05) is 13.1 Å². The molecule has 13 heavy (non-hydrogen) atoms. The van der Waals surface area contributed by atoms with Crippen molar-refractivity contribution in [1.29, 1.82) is 0 Å². The highest BCUT2D eigenvalue weighted by Gasteiger charge is 2.15. The van der Waals surface area contributed by atoms with Gasteiger partial charge in [0.15, 0.2) is 0 Å². The van der Waals surface area contributed by atoms with Crippen LogP contribution in [-0.4, -0.2) is 11.4 Å². The van der Waals surface area contributed by atoms with Crippen LogP contribution in [0.25, 0.3) is 10.2 Å². The number of fused-ring (bicyclic) bond motifs is 1. The average Bonchev–Trinajstić information content (AvgIpc) is 2.42. The highest BCUT2D eigenvalue weighted by atomic mass is 32.2. The van der Waals surface area contributed by atoms with Gasteiger partial charge in [-0.3, -0.25) is 0 Å². The molecule has 1 aromatic heterocycles. The van der Waals surface area contributed by atoms with Crippen LogP contribution in [0.2, 0.25) is 0 Å². The van der Waals surface area contributed by atoms with Crippen LogP contribution in [0.5, 0.6) is 5.75 Å². The fourth-order valence-electron chi connectivity index (χ4n) is 1.30. The highest BCUT2D eigenvalue weighted by Crippen LogP contribution is 2.28. The van der Waals surface area contributed by atoms with Crippen molar-refractivity contribution in [2.75, 3.05) is 6.26 Å². The van der Waals surface area contributed by atoms with Crippen LogP contribution in [0.3, 0.4) is 0 Å². The topological polar surface area (TPSA) is 24.1 Å². The summed E-state index contributed by atoms with van der Waals surface area (Å²) in [4.78, 5) is 0. The molecule has 0 spiro atoms. The molecule has 68 valence electrons. The van der Waals surface area contributed by atoms with Crippen LogP contribution in [0.15, 0.2) is 22.5 Å². The lowest BCUT2D eigenvalue weighted by molar-refractivity contribution is -0.676. The number of aromatic hydroxyl groups is 1. The van der Waals surface area contributed by atoms with Gasteiger partial charge in [0, 0.05) is 12.1 Å². The van der Waals surface area contributed by atoms with Gasteiger partial charge < -0.3 is 5.11 Å². The minimum atomic E-state index is 0.335. The number of thiazole rings is 1. The van der Waals surface area contributed by atoms with E-state index in [2.05, 4.69) is 10.8 Å². The number of rotatable bonds is 1. The Hall–Kier alpha value is -0.740. The Morgan fingerprint density at radius 2 is 2.23 bits per heavy atom. The zero-order valence-corrected chi connectivity index (χ0v) is 9.08. The first-order valence-corrected chi connectivity index (χ1v) is 5.92. The Balaban J connectivity index is 2.76. The Kier molecular flexibility index (Phi) is 2.17. The number of hydrogen-bond donors (Lipinski definition) is 1. The van der Waals surface area contributed by atoms with Gasteiger partial charge in [-0.25, -0.2) is 0 Å². The Bertz CT molecular complexity index is 450. The summed E-state index contributed by atoms with van der Waals surface area (Å²) < 4.78 is 4.52. The molecule has 0 fully saturated rings. The number of hydrogen-bond acceptors (Lipinski definition) is 3.